The lowest BCUT2D eigenvalue weighted by Crippen LogP contribution is -2.19. The molecular weight excluding hydrogens is 225 g/mol. The zero-order valence-corrected chi connectivity index (χ0v) is 9.67. The number of halogens is 2. The van der Waals surface area contributed by atoms with Crippen molar-refractivity contribution in [1.82, 2.24) is 15.2 Å². The third-order valence-electron chi connectivity index (χ3n) is 1.83. The van der Waals surface area contributed by atoms with Gasteiger partial charge in [-0.2, -0.15) is 4.98 Å². The summed E-state index contributed by atoms with van der Waals surface area (Å²) < 4.78 is 5.46. The normalized spacial score (nSPS) is 13.0. The molecule has 1 aromatic heterocycles. The van der Waals surface area contributed by atoms with Gasteiger partial charge in [0.1, 0.15) is 6.10 Å². The van der Waals surface area contributed by atoms with Crippen LogP contribution in [0.3, 0.4) is 0 Å². The Kier molecular flexibility index (Phi) is 3.89. The zero-order valence-electron chi connectivity index (χ0n) is 8.16. The molecule has 78 valence electrons. The first-order valence-electron chi connectivity index (χ1n) is 4.23. The molecule has 1 heterocycles. The molecule has 14 heavy (non-hydrogen) atoms. The Morgan fingerprint density at radius 1 is 1.14 bits per heavy atom. The minimum atomic E-state index is 0.000247. The largest absolute Gasteiger partial charge is 0.472 e. The fourth-order valence-electron chi connectivity index (χ4n) is 0.667. The predicted molar refractivity (Wildman–Crippen MR) is 54.8 cm³/mol. The van der Waals surface area contributed by atoms with Crippen LogP contribution in [-0.4, -0.2) is 21.3 Å². The summed E-state index contributed by atoms with van der Waals surface area (Å²) >= 11 is 11.3. The van der Waals surface area contributed by atoms with Crippen LogP contribution in [0.4, 0.5) is 0 Å². The second kappa shape index (κ2) is 4.75. The molecule has 1 unspecified atom stereocenters. The van der Waals surface area contributed by atoms with E-state index in [4.69, 9.17) is 27.9 Å². The van der Waals surface area contributed by atoms with Crippen LogP contribution >= 0.6 is 23.2 Å². The van der Waals surface area contributed by atoms with E-state index in [0.717, 1.165) is 0 Å². The van der Waals surface area contributed by atoms with Crippen LogP contribution in [0.5, 0.6) is 5.88 Å². The van der Waals surface area contributed by atoms with Gasteiger partial charge < -0.3 is 4.74 Å². The Hall–Kier alpha value is -0.610. The lowest BCUT2D eigenvalue weighted by Gasteiger charge is -2.17. The molecule has 0 bridgehead atoms. The summed E-state index contributed by atoms with van der Waals surface area (Å²) in [5.41, 5.74) is 0. The van der Waals surface area contributed by atoms with Crippen molar-refractivity contribution < 1.29 is 4.74 Å². The number of rotatable bonds is 3. The summed E-state index contributed by atoms with van der Waals surface area (Å²) in [5, 5.41) is 7.23. The van der Waals surface area contributed by atoms with Gasteiger partial charge in [-0.25, -0.2) is 0 Å². The van der Waals surface area contributed by atoms with Crippen molar-refractivity contribution >= 4 is 23.2 Å². The van der Waals surface area contributed by atoms with Crippen molar-refractivity contribution in [2.75, 3.05) is 0 Å². The Balaban J connectivity index is 2.80. The third-order valence-corrected chi connectivity index (χ3v) is 2.22. The molecule has 4 nitrogen and oxygen atoms in total. The molecule has 0 saturated heterocycles. The Morgan fingerprint density at radius 2 is 1.79 bits per heavy atom. The van der Waals surface area contributed by atoms with Gasteiger partial charge in [0.25, 0.3) is 5.88 Å². The topological polar surface area (TPSA) is 47.9 Å². The average Bonchev–Trinajstić information content (AvgIpc) is 2.11. The van der Waals surface area contributed by atoms with Gasteiger partial charge in [-0.15, -0.1) is 10.2 Å². The van der Waals surface area contributed by atoms with Crippen LogP contribution < -0.4 is 4.74 Å². The molecule has 0 spiro atoms. The number of nitrogens with zero attached hydrogens (tertiary/aromatic N) is 3. The third kappa shape index (κ3) is 2.96. The first kappa shape index (κ1) is 11.5. The highest BCUT2D eigenvalue weighted by Gasteiger charge is 2.14. The molecule has 0 aliphatic carbocycles. The van der Waals surface area contributed by atoms with Gasteiger partial charge in [-0.3, -0.25) is 0 Å². The fourth-order valence-corrected chi connectivity index (χ4v) is 0.907. The second-order valence-electron chi connectivity index (χ2n) is 3.24. The molecule has 1 rings (SSSR count). The molecule has 0 aliphatic heterocycles. The van der Waals surface area contributed by atoms with Crippen molar-refractivity contribution in [3.63, 3.8) is 0 Å². The van der Waals surface area contributed by atoms with Crippen molar-refractivity contribution in [2.24, 2.45) is 5.92 Å². The van der Waals surface area contributed by atoms with Gasteiger partial charge >= 0.3 is 0 Å². The van der Waals surface area contributed by atoms with E-state index in [2.05, 4.69) is 15.2 Å². The molecule has 6 heteroatoms. The molecule has 0 radical (unpaired) electrons. The smallest absolute Gasteiger partial charge is 0.257 e. The maximum absolute atomic E-state index is 5.73. The standard InChI is InChI=1S/C8H11Cl2N3O/c1-4(2)5(3)14-7-6(9)12-13-8(10)11-7/h4-5H,1-3H3. The number of hydrogen-bond acceptors (Lipinski definition) is 4. The van der Waals surface area contributed by atoms with Crippen LogP contribution in [0.1, 0.15) is 20.8 Å². The first-order chi connectivity index (χ1) is 6.50. The lowest BCUT2D eigenvalue weighted by molar-refractivity contribution is 0.162. The highest BCUT2D eigenvalue weighted by molar-refractivity contribution is 6.31. The van der Waals surface area contributed by atoms with Gasteiger partial charge in [0.2, 0.25) is 10.4 Å². The summed E-state index contributed by atoms with van der Waals surface area (Å²) in [7, 11) is 0. The highest BCUT2D eigenvalue weighted by Crippen LogP contribution is 2.21. The average molecular weight is 236 g/mol. The minimum absolute atomic E-state index is 0.000247. The van der Waals surface area contributed by atoms with E-state index in [0.29, 0.717) is 5.92 Å². The molecule has 0 fully saturated rings. The molecule has 0 N–H and O–H groups in total. The van der Waals surface area contributed by atoms with Crippen molar-refractivity contribution in [2.45, 2.75) is 26.9 Å². The van der Waals surface area contributed by atoms with Gasteiger partial charge in [0.05, 0.1) is 0 Å². The van der Waals surface area contributed by atoms with Gasteiger partial charge in [0, 0.05) is 0 Å². The van der Waals surface area contributed by atoms with Gasteiger partial charge in [-0.1, -0.05) is 25.4 Å². The number of aromatic nitrogens is 3. The summed E-state index contributed by atoms with van der Waals surface area (Å²) in [6.07, 6.45) is 0.000247. The molecule has 1 atom stereocenters. The van der Waals surface area contributed by atoms with E-state index in [1.165, 1.54) is 0 Å². The maximum Gasteiger partial charge on any atom is 0.257 e. The van der Waals surface area contributed by atoms with E-state index in [9.17, 15) is 0 Å². The van der Waals surface area contributed by atoms with Crippen LogP contribution in [-0.2, 0) is 0 Å². The molecule has 0 saturated carbocycles. The van der Waals surface area contributed by atoms with E-state index in [1.807, 2.05) is 20.8 Å². The summed E-state index contributed by atoms with van der Waals surface area (Å²) in [6.45, 7) is 6.00. The predicted octanol–water partition coefficient (Wildman–Crippen LogP) is 2.60. The van der Waals surface area contributed by atoms with Crippen molar-refractivity contribution in [3.05, 3.63) is 10.4 Å². The summed E-state index contributed by atoms with van der Waals surface area (Å²) in [4.78, 5) is 3.83. The van der Waals surface area contributed by atoms with E-state index < -0.39 is 0 Å². The quantitative estimate of drug-likeness (QED) is 0.809. The van der Waals surface area contributed by atoms with Crippen LogP contribution in [0.15, 0.2) is 0 Å². The minimum Gasteiger partial charge on any atom is -0.472 e. The van der Waals surface area contributed by atoms with Crippen molar-refractivity contribution in [3.8, 4) is 5.88 Å². The van der Waals surface area contributed by atoms with Crippen LogP contribution in [0.25, 0.3) is 0 Å². The van der Waals surface area contributed by atoms with Gasteiger partial charge in [0.15, 0.2) is 0 Å². The number of hydrogen-bond donors (Lipinski definition) is 0. The molecule has 0 aliphatic rings. The Labute approximate surface area is 92.6 Å². The van der Waals surface area contributed by atoms with Crippen LogP contribution in [0.2, 0.25) is 10.4 Å². The molecule has 0 aromatic carbocycles. The van der Waals surface area contributed by atoms with E-state index in [-0.39, 0.29) is 22.4 Å². The first-order valence-corrected chi connectivity index (χ1v) is 4.98. The molecule has 1 aromatic rings. The second-order valence-corrected chi connectivity index (χ2v) is 3.94. The zero-order chi connectivity index (χ0) is 10.7. The van der Waals surface area contributed by atoms with Crippen molar-refractivity contribution in [1.29, 1.82) is 0 Å². The molecular formula is C8H11Cl2N3O. The maximum atomic E-state index is 5.73. The summed E-state index contributed by atoms with van der Waals surface area (Å²) in [5.74, 6) is 0.590. The van der Waals surface area contributed by atoms with E-state index >= 15 is 0 Å². The van der Waals surface area contributed by atoms with E-state index in [1.54, 1.807) is 0 Å². The monoisotopic (exact) mass is 235 g/mol. The SMILES string of the molecule is CC(C)C(C)Oc1nc(Cl)nnc1Cl. The Morgan fingerprint density at radius 3 is 2.36 bits per heavy atom. The fraction of sp³-hybridized carbons (Fsp3) is 0.625. The summed E-state index contributed by atoms with van der Waals surface area (Å²) in [6, 6.07) is 0. The molecule has 0 amide bonds. The van der Waals surface area contributed by atoms with Gasteiger partial charge in [-0.05, 0) is 24.4 Å². The van der Waals surface area contributed by atoms with Crippen LogP contribution in [0, 0.1) is 5.92 Å². The highest BCUT2D eigenvalue weighted by atomic mass is 35.5. The Bertz CT molecular complexity index is 319. The number of ether oxygens (including phenoxy) is 1. The lowest BCUT2D eigenvalue weighted by atomic mass is 10.1.